The van der Waals surface area contributed by atoms with Gasteiger partial charge >= 0.3 is 5.97 Å². The van der Waals surface area contributed by atoms with Crippen LogP contribution in [0.3, 0.4) is 0 Å². The monoisotopic (exact) mass is 242 g/mol. The van der Waals surface area contributed by atoms with Crippen molar-refractivity contribution in [3.05, 3.63) is 12.2 Å². The third-order valence-corrected chi connectivity index (χ3v) is 2.83. The highest BCUT2D eigenvalue weighted by Gasteiger charge is 2.10. The Morgan fingerprint density at radius 1 is 1.29 bits per heavy atom. The highest BCUT2D eigenvalue weighted by Crippen LogP contribution is 2.15. The van der Waals surface area contributed by atoms with Crippen LogP contribution >= 0.6 is 0 Å². The fourth-order valence-corrected chi connectivity index (χ4v) is 1.48. The van der Waals surface area contributed by atoms with Crippen LogP contribution in [0.2, 0.25) is 0 Å². The molecule has 0 aliphatic rings. The van der Waals surface area contributed by atoms with Gasteiger partial charge in [0, 0.05) is 18.9 Å². The zero-order chi connectivity index (χ0) is 13.1. The molecule has 0 aliphatic heterocycles. The first kappa shape index (κ1) is 16.2. The number of ether oxygens (including phenoxy) is 1. The molecule has 0 saturated heterocycles. The van der Waals surface area contributed by atoms with Crippen molar-refractivity contribution in [1.29, 1.82) is 0 Å². The van der Waals surface area contributed by atoms with Gasteiger partial charge in [-0.2, -0.15) is 0 Å². The Hall–Kier alpha value is -0.830. The van der Waals surface area contributed by atoms with E-state index in [9.17, 15) is 4.79 Å². The molecule has 1 atom stereocenters. The molecule has 0 bridgehead atoms. The van der Waals surface area contributed by atoms with Crippen molar-refractivity contribution >= 4 is 5.97 Å². The van der Waals surface area contributed by atoms with E-state index in [1.165, 1.54) is 0 Å². The predicted molar refractivity (Wildman–Crippen MR) is 69.7 cm³/mol. The Balaban J connectivity index is 3.64. The maximum absolute atomic E-state index is 11.4. The van der Waals surface area contributed by atoms with Crippen LogP contribution in [0.4, 0.5) is 0 Å². The van der Waals surface area contributed by atoms with Crippen LogP contribution in [0.1, 0.15) is 52.4 Å². The number of carbonyl (C=O) groups is 1. The summed E-state index contributed by atoms with van der Waals surface area (Å²) in [6.45, 7) is 8.65. The Labute approximate surface area is 105 Å². The predicted octanol–water partition coefficient (Wildman–Crippen LogP) is 3.07. The quantitative estimate of drug-likeness (QED) is 0.364. The van der Waals surface area contributed by atoms with Gasteiger partial charge in [-0.1, -0.05) is 38.8 Å². The molecule has 1 unspecified atom stereocenters. The topological polar surface area (TPSA) is 46.5 Å². The zero-order valence-electron chi connectivity index (χ0n) is 11.2. The van der Waals surface area contributed by atoms with Crippen molar-refractivity contribution < 1.29 is 14.6 Å². The minimum atomic E-state index is -0.111. The van der Waals surface area contributed by atoms with Gasteiger partial charge in [0.1, 0.15) is 0 Å². The fourth-order valence-electron chi connectivity index (χ4n) is 1.48. The average molecular weight is 242 g/mol. The zero-order valence-corrected chi connectivity index (χ0v) is 11.2. The molecule has 0 aromatic rings. The third-order valence-electron chi connectivity index (χ3n) is 2.83. The number of hydrogen-bond acceptors (Lipinski definition) is 3. The molecular formula is C14H26O3. The lowest BCUT2D eigenvalue weighted by molar-refractivity contribution is -0.144. The summed E-state index contributed by atoms with van der Waals surface area (Å²) in [6.07, 6.45) is 5.15. The number of aliphatic hydroxyl groups is 1. The van der Waals surface area contributed by atoms with Crippen molar-refractivity contribution in [3.63, 3.8) is 0 Å². The molecule has 1 N–H and O–H groups in total. The van der Waals surface area contributed by atoms with Gasteiger partial charge in [-0.25, -0.2) is 0 Å². The van der Waals surface area contributed by atoms with Crippen LogP contribution in [0.5, 0.6) is 0 Å². The van der Waals surface area contributed by atoms with Crippen LogP contribution in [0.15, 0.2) is 12.2 Å². The van der Waals surface area contributed by atoms with Crippen LogP contribution < -0.4 is 0 Å². The summed E-state index contributed by atoms with van der Waals surface area (Å²) in [4.78, 5) is 11.4. The smallest absolute Gasteiger partial charge is 0.305 e. The lowest BCUT2D eigenvalue weighted by Crippen LogP contribution is -2.13. The van der Waals surface area contributed by atoms with Crippen LogP contribution in [0, 0.1) is 5.92 Å². The lowest BCUT2D eigenvalue weighted by Gasteiger charge is -2.14. The summed E-state index contributed by atoms with van der Waals surface area (Å²) in [5.74, 6) is 0.0666. The van der Waals surface area contributed by atoms with E-state index in [4.69, 9.17) is 9.84 Å². The number of carbonyl (C=O) groups excluding carboxylic acids is 1. The number of rotatable bonds is 10. The van der Waals surface area contributed by atoms with Gasteiger partial charge in [-0.05, 0) is 19.3 Å². The largest absolute Gasteiger partial charge is 0.465 e. The van der Waals surface area contributed by atoms with Gasteiger partial charge < -0.3 is 9.84 Å². The minimum absolute atomic E-state index is 0.111. The van der Waals surface area contributed by atoms with Crippen LogP contribution in [-0.4, -0.2) is 24.3 Å². The third kappa shape index (κ3) is 8.93. The minimum Gasteiger partial charge on any atom is -0.465 e. The average Bonchev–Trinajstić information content (AvgIpc) is 2.33. The van der Waals surface area contributed by atoms with Crippen molar-refractivity contribution in [3.8, 4) is 0 Å². The first-order chi connectivity index (χ1) is 8.11. The first-order valence-corrected chi connectivity index (χ1v) is 6.56. The molecule has 3 nitrogen and oxygen atoms in total. The molecule has 0 aromatic heterocycles. The number of unbranched alkanes of at least 4 members (excludes halogenated alkanes) is 2. The van der Waals surface area contributed by atoms with Crippen LogP contribution in [0.25, 0.3) is 0 Å². The standard InChI is InChI=1S/C14H26O3/c1-4-5-6-9-14(16)17-11-13(3)12(2)8-7-10-15/h13,15H,2,4-11H2,1,3H3. The highest BCUT2D eigenvalue weighted by atomic mass is 16.5. The molecule has 3 heteroatoms. The van der Waals surface area contributed by atoms with Gasteiger partial charge in [0.05, 0.1) is 6.61 Å². The maximum Gasteiger partial charge on any atom is 0.305 e. The summed E-state index contributed by atoms with van der Waals surface area (Å²) >= 11 is 0. The molecule has 0 radical (unpaired) electrons. The first-order valence-electron chi connectivity index (χ1n) is 6.56. The van der Waals surface area contributed by atoms with Gasteiger partial charge in [0.2, 0.25) is 0 Å². The molecule has 0 rings (SSSR count). The van der Waals surface area contributed by atoms with E-state index in [-0.39, 0.29) is 18.5 Å². The van der Waals surface area contributed by atoms with Crippen molar-refractivity contribution in [2.75, 3.05) is 13.2 Å². The van der Waals surface area contributed by atoms with Gasteiger partial charge in [0.25, 0.3) is 0 Å². The fraction of sp³-hybridized carbons (Fsp3) is 0.786. The molecule has 0 spiro atoms. The summed E-state index contributed by atoms with van der Waals surface area (Å²) < 4.78 is 5.19. The normalized spacial score (nSPS) is 12.2. The molecule has 0 heterocycles. The van der Waals surface area contributed by atoms with E-state index in [2.05, 4.69) is 13.5 Å². The Bertz CT molecular complexity index is 224. The molecule has 0 fully saturated rings. The number of aliphatic hydroxyl groups excluding tert-OH is 1. The van der Waals surface area contributed by atoms with Crippen molar-refractivity contribution in [2.45, 2.75) is 52.4 Å². The molecule has 0 amide bonds. The summed E-state index contributed by atoms with van der Waals surface area (Å²) in [5, 5.41) is 8.71. The molecule has 0 aromatic carbocycles. The van der Waals surface area contributed by atoms with Crippen molar-refractivity contribution in [1.82, 2.24) is 0 Å². The van der Waals surface area contributed by atoms with Gasteiger partial charge in [-0.15, -0.1) is 0 Å². The van der Waals surface area contributed by atoms with Gasteiger partial charge in [0.15, 0.2) is 0 Å². The highest BCUT2D eigenvalue weighted by molar-refractivity contribution is 5.69. The van der Waals surface area contributed by atoms with E-state index < -0.39 is 0 Å². The van der Waals surface area contributed by atoms with E-state index in [1.807, 2.05) is 6.92 Å². The Morgan fingerprint density at radius 3 is 2.59 bits per heavy atom. The van der Waals surface area contributed by atoms with Crippen LogP contribution in [-0.2, 0) is 9.53 Å². The Morgan fingerprint density at radius 2 is 2.00 bits per heavy atom. The molecular weight excluding hydrogens is 216 g/mol. The van der Waals surface area contributed by atoms with Gasteiger partial charge in [-0.3, -0.25) is 4.79 Å². The number of hydrogen-bond donors (Lipinski definition) is 1. The second-order valence-corrected chi connectivity index (χ2v) is 4.53. The summed E-state index contributed by atoms with van der Waals surface area (Å²) in [7, 11) is 0. The lowest BCUT2D eigenvalue weighted by atomic mass is 9.99. The maximum atomic E-state index is 11.4. The molecule has 0 saturated carbocycles. The second-order valence-electron chi connectivity index (χ2n) is 4.53. The number of esters is 1. The van der Waals surface area contributed by atoms with E-state index in [0.717, 1.165) is 37.7 Å². The van der Waals surface area contributed by atoms with E-state index >= 15 is 0 Å². The van der Waals surface area contributed by atoms with Crippen molar-refractivity contribution in [2.24, 2.45) is 5.92 Å². The molecule has 100 valence electrons. The summed E-state index contributed by atoms with van der Waals surface area (Å²) in [6, 6.07) is 0. The van der Waals surface area contributed by atoms with E-state index in [0.29, 0.717) is 13.0 Å². The molecule has 0 aliphatic carbocycles. The second kappa shape index (κ2) is 10.3. The molecule has 17 heavy (non-hydrogen) atoms. The van der Waals surface area contributed by atoms with E-state index in [1.54, 1.807) is 0 Å². The Kier molecular flexibility index (Phi) is 9.83. The SMILES string of the molecule is C=C(CCCO)C(C)COC(=O)CCCCC. The summed E-state index contributed by atoms with van der Waals surface area (Å²) in [5.41, 5.74) is 1.04.